The first kappa shape index (κ1) is 16.7. The Morgan fingerprint density at radius 2 is 2.00 bits per heavy atom. The Kier molecular flexibility index (Phi) is 5.10. The highest BCUT2D eigenvalue weighted by molar-refractivity contribution is 5.84. The number of aromatic nitrogens is 2. The number of rotatable bonds is 5. The number of carbonyl (C=O) groups is 2. The van der Waals surface area contributed by atoms with Crippen molar-refractivity contribution in [3.05, 3.63) is 40.9 Å². The summed E-state index contributed by atoms with van der Waals surface area (Å²) in [5.41, 5.74) is 0.272. The maximum Gasteiger partial charge on any atom is 0.328 e. The minimum Gasteiger partial charge on any atom is -0.467 e. The van der Waals surface area contributed by atoms with Crippen molar-refractivity contribution in [1.82, 2.24) is 14.9 Å². The molecule has 0 spiro atoms. The number of methoxy groups -OCH3 is 1. The quantitative estimate of drug-likeness (QED) is 0.820. The molecule has 1 atom stereocenters. The van der Waals surface area contributed by atoms with Crippen LogP contribution in [0.25, 0.3) is 10.9 Å². The zero-order chi connectivity index (χ0) is 17.0. The SMILES string of the molecule is COC(=O)C(NC(=O)Cn1cnc2ccccc2c1=O)C(C)C. The third kappa shape index (κ3) is 3.74. The van der Waals surface area contributed by atoms with Gasteiger partial charge in [0.05, 0.1) is 24.3 Å². The van der Waals surface area contributed by atoms with Crippen molar-refractivity contribution >= 4 is 22.8 Å². The van der Waals surface area contributed by atoms with Gasteiger partial charge in [-0.3, -0.25) is 14.2 Å². The zero-order valence-corrected chi connectivity index (χ0v) is 13.3. The molecule has 7 heteroatoms. The molecule has 0 saturated heterocycles. The number of carbonyl (C=O) groups excluding carboxylic acids is 2. The summed E-state index contributed by atoms with van der Waals surface area (Å²) in [6, 6.07) is 6.16. The van der Waals surface area contributed by atoms with Gasteiger partial charge in [-0.1, -0.05) is 26.0 Å². The van der Waals surface area contributed by atoms with Crippen LogP contribution in [0.4, 0.5) is 0 Å². The predicted octanol–water partition coefficient (Wildman–Crippen LogP) is 0.710. The van der Waals surface area contributed by atoms with E-state index >= 15 is 0 Å². The first-order chi connectivity index (χ1) is 10.9. The summed E-state index contributed by atoms with van der Waals surface area (Å²) >= 11 is 0. The van der Waals surface area contributed by atoms with E-state index in [9.17, 15) is 14.4 Å². The van der Waals surface area contributed by atoms with Crippen LogP contribution in [0.2, 0.25) is 0 Å². The first-order valence-corrected chi connectivity index (χ1v) is 7.25. The fraction of sp³-hybridized carbons (Fsp3) is 0.375. The second kappa shape index (κ2) is 7.04. The molecule has 1 aromatic heterocycles. The second-order valence-corrected chi connectivity index (χ2v) is 5.51. The minimum absolute atomic E-state index is 0.127. The van der Waals surface area contributed by atoms with Gasteiger partial charge in [0.2, 0.25) is 5.91 Å². The number of benzene rings is 1. The Bertz CT molecular complexity index is 782. The van der Waals surface area contributed by atoms with E-state index in [4.69, 9.17) is 0 Å². The van der Waals surface area contributed by atoms with E-state index in [2.05, 4.69) is 15.0 Å². The molecule has 0 bridgehead atoms. The summed E-state index contributed by atoms with van der Waals surface area (Å²) in [5.74, 6) is -1.09. The van der Waals surface area contributed by atoms with Crippen molar-refractivity contribution in [3.63, 3.8) is 0 Å². The summed E-state index contributed by atoms with van der Waals surface area (Å²) in [7, 11) is 1.27. The normalized spacial score (nSPS) is 12.2. The Balaban J connectivity index is 2.19. The van der Waals surface area contributed by atoms with Crippen molar-refractivity contribution < 1.29 is 14.3 Å². The van der Waals surface area contributed by atoms with Gasteiger partial charge in [0.15, 0.2) is 0 Å². The molecule has 0 aliphatic carbocycles. The molecule has 0 aliphatic heterocycles. The average molecular weight is 317 g/mol. The molecule has 0 radical (unpaired) electrons. The van der Waals surface area contributed by atoms with Crippen LogP contribution < -0.4 is 10.9 Å². The number of ether oxygens (including phenoxy) is 1. The molecule has 0 aliphatic rings. The number of amides is 1. The molecule has 0 fully saturated rings. The zero-order valence-electron chi connectivity index (χ0n) is 13.3. The highest BCUT2D eigenvalue weighted by atomic mass is 16.5. The van der Waals surface area contributed by atoms with E-state index in [1.807, 2.05) is 0 Å². The number of esters is 1. The summed E-state index contributed by atoms with van der Waals surface area (Å²) in [4.78, 5) is 40.3. The number of fused-ring (bicyclic) bond motifs is 1. The minimum atomic E-state index is -0.753. The van der Waals surface area contributed by atoms with Crippen LogP contribution in [-0.4, -0.2) is 34.6 Å². The third-order valence-electron chi connectivity index (χ3n) is 3.48. The maximum absolute atomic E-state index is 12.3. The monoisotopic (exact) mass is 317 g/mol. The lowest BCUT2D eigenvalue weighted by atomic mass is 10.0. The van der Waals surface area contributed by atoms with Crippen LogP contribution in [0.5, 0.6) is 0 Å². The predicted molar refractivity (Wildman–Crippen MR) is 84.8 cm³/mol. The third-order valence-corrected chi connectivity index (χ3v) is 3.48. The van der Waals surface area contributed by atoms with Crippen LogP contribution in [-0.2, 0) is 20.9 Å². The Hall–Kier alpha value is -2.70. The van der Waals surface area contributed by atoms with E-state index < -0.39 is 17.9 Å². The van der Waals surface area contributed by atoms with E-state index in [-0.39, 0.29) is 18.0 Å². The molecular formula is C16H19N3O4. The standard InChI is InChI=1S/C16H19N3O4/c1-10(2)14(16(22)23-3)18-13(20)8-19-9-17-12-7-5-4-6-11(12)15(19)21/h4-7,9-10,14H,8H2,1-3H3,(H,18,20). The summed E-state index contributed by atoms with van der Waals surface area (Å²) in [6.07, 6.45) is 1.33. The maximum atomic E-state index is 12.3. The summed E-state index contributed by atoms with van der Waals surface area (Å²) < 4.78 is 5.89. The van der Waals surface area contributed by atoms with Gasteiger partial charge in [-0.2, -0.15) is 0 Å². The largest absolute Gasteiger partial charge is 0.467 e. The van der Waals surface area contributed by atoms with Gasteiger partial charge < -0.3 is 10.1 Å². The Morgan fingerprint density at radius 1 is 1.30 bits per heavy atom. The average Bonchev–Trinajstić information content (AvgIpc) is 2.54. The highest BCUT2D eigenvalue weighted by Crippen LogP contribution is 2.05. The molecule has 2 aromatic rings. The van der Waals surface area contributed by atoms with Crippen molar-refractivity contribution in [2.45, 2.75) is 26.4 Å². The lowest BCUT2D eigenvalue weighted by Gasteiger charge is -2.20. The van der Waals surface area contributed by atoms with Gasteiger partial charge in [0.25, 0.3) is 5.56 Å². The van der Waals surface area contributed by atoms with E-state index in [0.717, 1.165) is 0 Å². The smallest absolute Gasteiger partial charge is 0.328 e. The number of nitrogens with zero attached hydrogens (tertiary/aromatic N) is 2. The summed E-state index contributed by atoms with van der Waals surface area (Å²) in [5, 5.41) is 3.03. The lowest BCUT2D eigenvalue weighted by molar-refractivity contribution is -0.146. The molecule has 0 saturated carbocycles. The van der Waals surface area contributed by atoms with Crippen LogP contribution in [0.3, 0.4) is 0 Å². The number of para-hydroxylation sites is 1. The molecule has 1 aromatic carbocycles. The van der Waals surface area contributed by atoms with Gasteiger partial charge in [0.1, 0.15) is 12.6 Å². The van der Waals surface area contributed by atoms with Crippen molar-refractivity contribution in [2.75, 3.05) is 7.11 Å². The van der Waals surface area contributed by atoms with E-state index in [1.165, 1.54) is 18.0 Å². The molecule has 23 heavy (non-hydrogen) atoms. The molecule has 1 heterocycles. The second-order valence-electron chi connectivity index (χ2n) is 5.51. The number of hydrogen-bond acceptors (Lipinski definition) is 5. The fourth-order valence-electron chi connectivity index (χ4n) is 2.22. The van der Waals surface area contributed by atoms with E-state index in [0.29, 0.717) is 10.9 Å². The van der Waals surface area contributed by atoms with Gasteiger partial charge >= 0.3 is 5.97 Å². The fourth-order valence-corrected chi connectivity index (χ4v) is 2.22. The lowest BCUT2D eigenvalue weighted by Crippen LogP contribution is -2.46. The van der Waals surface area contributed by atoms with Gasteiger partial charge in [0, 0.05) is 0 Å². The van der Waals surface area contributed by atoms with Gasteiger partial charge in [-0.25, -0.2) is 9.78 Å². The number of nitrogens with one attached hydrogen (secondary N) is 1. The van der Waals surface area contributed by atoms with Crippen molar-refractivity contribution in [1.29, 1.82) is 0 Å². The highest BCUT2D eigenvalue weighted by Gasteiger charge is 2.25. The van der Waals surface area contributed by atoms with E-state index in [1.54, 1.807) is 38.1 Å². The van der Waals surface area contributed by atoms with Gasteiger partial charge in [-0.15, -0.1) is 0 Å². The first-order valence-electron chi connectivity index (χ1n) is 7.25. The molecule has 2 rings (SSSR count). The van der Waals surface area contributed by atoms with Gasteiger partial charge in [-0.05, 0) is 18.1 Å². The molecule has 122 valence electrons. The molecule has 1 unspecified atom stereocenters. The Morgan fingerprint density at radius 3 is 2.65 bits per heavy atom. The topological polar surface area (TPSA) is 90.3 Å². The molecule has 1 N–H and O–H groups in total. The molecule has 1 amide bonds. The van der Waals surface area contributed by atoms with Crippen LogP contribution >= 0.6 is 0 Å². The Labute approximate surface area is 133 Å². The van der Waals surface area contributed by atoms with Crippen molar-refractivity contribution in [3.8, 4) is 0 Å². The van der Waals surface area contributed by atoms with Crippen LogP contribution in [0.15, 0.2) is 35.4 Å². The molecular weight excluding hydrogens is 298 g/mol. The van der Waals surface area contributed by atoms with Crippen molar-refractivity contribution in [2.24, 2.45) is 5.92 Å². The summed E-state index contributed by atoms with van der Waals surface area (Å²) in [6.45, 7) is 3.38. The van der Waals surface area contributed by atoms with Crippen LogP contribution in [0, 0.1) is 5.92 Å². The van der Waals surface area contributed by atoms with Crippen LogP contribution in [0.1, 0.15) is 13.8 Å². The number of hydrogen-bond donors (Lipinski definition) is 1. The molecule has 7 nitrogen and oxygen atoms in total.